The lowest BCUT2D eigenvalue weighted by Crippen LogP contribution is -2.27. The number of hydrogen-bond donors (Lipinski definition) is 1. The van der Waals surface area contributed by atoms with Crippen LogP contribution in [0.5, 0.6) is 0 Å². The Morgan fingerprint density at radius 3 is 2.79 bits per heavy atom. The largest absolute Gasteiger partial charge is 0.329 e. The Morgan fingerprint density at radius 1 is 1.57 bits per heavy atom. The summed E-state index contributed by atoms with van der Waals surface area (Å²) in [6.07, 6.45) is 3.17. The first-order valence-electron chi connectivity index (χ1n) is 4.37. The molecule has 2 N–H and O–H groups in total. The van der Waals surface area contributed by atoms with E-state index in [4.69, 9.17) is 5.73 Å². The summed E-state index contributed by atoms with van der Waals surface area (Å²) in [6, 6.07) is 3.46. The van der Waals surface area contributed by atoms with E-state index in [-0.39, 0.29) is 12.3 Å². The van der Waals surface area contributed by atoms with Gasteiger partial charge in [-0.25, -0.2) is 8.42 Å². The molecule has 5 heteroatoms. The molecule has 1 atom stereocenters. The van der Waals surface area contributed by atoms with Crippen LogP contribution in [0.4, 0.5) is 0 Å². The van der Waals surface area contributed by atoms with Gasteiger partial charge in [-0.15, -0.1) is 0 Å². The Morgan fingerprint density at radius 2 is 2.29 bits per heavy atom. The van der Waals surface area contributed by atoms with Crippen LogP contribution in [0.3, 0.4) is 0 Å². The maximum absolute atomic E-state index is 11.6. The van der Waals surface area contributed by atoms with Gasteiger partial charge in [0, 0.05) is 18.9 Å². The molecule has 1 heterocycles. The molecule has 14 heavy (non-hydrogen) atoms. The summed E-state index contributed by atoms with van der Waals surface area (Å²) in [5.41, 5.74) is 6.02. The Bertz CT molecular complexity index is 375. The number of nitrogens with zero attached hydrogens (tertiary/aromatic N) is 1. The summed E-state index contributed by atoms with van der Waals surface area (Å²) < 4.78 is 23.2. The first-order chi connectivity index (χ1) is 6.56. The van der Waals surface area contributed by atoms with Gasteiger partial charge in [-0.1, -0.05) is 6.07 Å². The lowest BCUT2D eigenvalue weighted by Gasteiger charge is -2.09. The van der Waals surface area contributed by atoms with Crippen molar-refractivity contribution in [2.75, 3.05) is 6.54 Å². The highest BCUT2D eigenvalue weighted by Crippen LogP contribution is 2.08. The quantitative estimate of drug-likeness (QED) is 0.784. The maximum atomic E-state index is 11.6. The smallest absolute Gasteiger partial charge is 0.158 e. The van der Waals surface area contributed by atoms with Crippen LogP contribution in [-0.2, 0) is 15.6 Å². The number of aromatic nitrogens is 1. The van der Waals surface area contributed by atoms with Gasteiger partial charge in [0.05, 0.1) is 11.0 Å². The second-order valence-electron chi connectivity index (χ2n) is 3.21. The monoisotopic (exact) mass is 214 g/mol. The minimum absolute atomic E-state index is 0.0131. The predicted octanol–water partition coefficient (Wildman–Crippen LogP) is 0.344. The molecule has 0 bridgehead atoms. The summed E-state index contributed by atoms with van der Waals surface area (Å²) in [5, 5.41) is -0.497. The number of hydrogen-bond acceptors (Lipinski definition) is 4. The summed E-state index contributed by atoms with van der Waals surface area (Å²) >= 11 is 0. The molecule has 1 unspecified atom stereocenters. The maximum Gasteiger partial charge on any atom is 0.158 e. The van der Waals surface area contributed by atoms with Crippen LogP contribution in [0.25, 0.3) is 0 Å². The summed E-state index contributed by atoms with van der Waals surface area (Å²) in [7, 11) is -3.13. The van der Waals surface area contributed by atoms with Gasteiger partial charge in [-0.05, 0) is 18.6 Å². The summed E-state index contributed by atoms with van der Waals surface area (Å²) in [5.74, 6) is 0.0131. The molecule has 1 rings (SSSR count). The number of pyridine rings is 1. The Kier molecular flexibility index (Phi) is 3.60. The lowest BCUT2D eigenvalue weighted by atomic mass is 10.3. The van der Waals surface area contributed by atoms with Gasteiger partial charge >= 0.3 is 0 Å². The summed E-state index contributed by atoms with van der Waals surface area (Å²) in [6.45, 7) is 1.77. The first-order valence-corrected chi connectivity index (χ1v) is 6.08. The third-order valence-electron chi connectivity index (χ3n) is 2.04. The van der Waals surface area contributed by atoms with Gasteiger partial charge in [-0.2, -0.15) is 0 Å². The molecule has 0 radical (unpaired) electrons. The van der Waals surface area contributed by atoms with Gasteiger partial charge in [0.2, 0.25) is 0 Å². The highest BCUT2D eigenvalue weighted by atomic mass is 32.2. The van der Waals surface area contributed by atoms with Crippen molar-refractivity contribution in [2.45, 2.75) is 17.9 Å². The van der Waals surface area contributed by atoms with Gasteiger partial charge in [0.1, 0.15) is 0 Å². The van der Waals surface area contributed by atoms with Crippen molar-refractivity contribution < 1.29 is 8.42 Å². The molecule has 0 aliphatic heterocycles. The Balaban J connectivity index is 2.79. The molecule has 1 aromatic rings. The zero-order chi connectivity index (χ0) is 10.6. The standard InChI is InChI=1S/C9H14N2O2S/c1-8(5-10)14(12,13)7-9-3-2-4-11-6-9/h2-4,6,8H,5,7,10H2,1H3. The Labute approximate surface area is 84.1 Å². The van der Waals surface area contributed by atoms with Crippen LogP contribution in [0.2, 0.25) is 0 Å². The fourth-order valence-corrected chi connectivity index (χ4v) is 2.22. The molecule has 1 aromatic heterocycles. The fourth-order valence-electron chi connectivity index (χ4n) is 1.00. The SMILES string of the molecule is CC(CN)S(=O)(=O)Cc1cccnc1. The molecule has 78 valence electrons. The molecular formula is C9H14N2O2S. The summed E-state index contributed by atoms with van der Waals surface area (Å²) in [4.78, 5) is 3.86. The molecule has 0 saturated carbocycles. The van der Waals surface area contributed by atoms with Crippen molar-refractivity contribution in [2.24, 2.45) is 5.73 Å². The topological polar surface area (TPSA) is 73.1 Å². The Hall–Kier alpha value is -0.940. The number of rotatable bonds is 4. The van der Waals surface area contributed by atoms with Gasteiger partial charge in [-0.3, -0.25) is 4.98 Å². The van der Waals surface area contributed by atoms with Crippen LogP contribution >= 0.6 is 0 Å². The van der Waals surface area contributed by atoms with E-state index in [1.807, 2.05) is 0 Å². The third kappa shape index (κ3) is 2.78. The minimum Gasteiger partial charge on any atom is -0.329 e. The molecular weight excluding hydrogens is 200 g/mol. The van der Waals surface area contributed by atoms with E-state index in [0.717, 1.165) is 0 Å². The van der Waals surface area contributed by atoms with Crippen molar-refractivity contribution in [3.8, 4) is 0 Å². The zero-order valence-electron chi connectivity index (χ0n) is 8.05. The van der Waals surface area contributed by atoms with Crippen molar-refractivity contribution >= 4 is 9.84 Å². The number of sulfone groups is 1. The van der Waals surface area contributed by atoms with Crippen molar-refractivity contribution in [3.05, 3.63) is 30.1 Å². The van der Waals surface area contributed by atoms with E-state index >= 15 is 0 Å². The first kappa shape index (κ1) is 11.1. The molecule has 0 fully saturated rings. The van der Waals surface area contributed by atoms with Crippen LogP contribution in [0, 0.1) is 0 Å². The normalized spacial score (nSPS) is 13.9. The van der Waals surface area contributed by atoms with Crippen LogP contribution in [0.15, 0.2) is 24.5 Å². The van der Waals surface area contributed by atoms with E-state index in [1.165, 1.54) is 0 Å². The predicted molar refractivity (Wildman–Crippen MR) is 55.4 cm³/mol. The number of nitrogens with two attached hydrogens (primary N) is 1. The molecule has 0 aliphatic rings. The van der Waals surface area contributed by atoms with Gasteiger partial charge in [0.15, 0.2) is 9.84 Å². The fraction of sp³-hybridized carbons (Fsp3) is 0.444. The van der Waals surface area contributed by atoms with E-state index in [1.54, 1.807) is 31.5 Å². The average molecular weight is 214 g/mol. The molecule has 0 aromatic carbocycles. The van der Waals surface area contributed by atoms with Gasteiger partial charge < -0.3 is 5.73 Å². The van der Waals surface area contributed by atoms with Crippen LogP contribution in [0.1, 0.15) is 12.5 Å². The third-order valence-corrected chi connectivity index (χ3v) is 4.19. The van der Waals surface area contributed by atoms with E-state index in [0.29, 0.717) is 5.56 Å². The molecule has 4 nitrogen and oxygen atoms in total. The molecule has 0 aliphatic carbocycles. The highest BCUT2D eigenvalue weighted by molar-refractivity contribution is 7.91. The second kappa shape index (κ2) is 4.52. The van der Waals surface area contributed by atoms with Crippen molar-refractivity contribution in [3.63, 3.8) is 0 Å². The molecule has 0 amide bonds. The van der Waals surface area contributed by atoms with Gasteiger partial charge in [0.25, 0.3) is 0 Å². The zero-order valence-corrected chi connectivity index (χ0v) is 8.87. The average Bonchev–Trinajstić information content (AvgIpc) is 2.17. The van der Waals surface area contributed by atoms with Crippen LogP contribution in [-0.4, -0.2) is 25.2 Å². The van der Waals surface area contributed by atoms with Crippen LogP contribution < -0.4 is 5.73 Å². The second-order valence-corrected chi connectivity index (χ2v) is 5.63. The van der Waals surface area contributed by atoms with E-state index < -0.39 is 15.1 Å². The lowest BCUT2D eigenvalue weighted by molar-refractivity contribution is 0.583. The van der Waals surface area contributed by atoms with E-state index in [2.05, 4.69) is 4.98 Å². The highest BCUT2D eigenvalue weighted by Gasteiger charge is 2.19. The van der Waals surface area contributed by atoms with Crippen molar-refractivity contribution in [1.82, 2.24) is 4.98 Å². The molecule has 0 spiro atoms. The minimum atomic E-state index is -3.13. The van der Waals surface area contributed by atoms with E-state index in [9.17, 15) is 8.42 Å². The molecule has 0 saturated heterocycles. The van der Waals surface area contributed by atoms with Crippen molar-refractivity contribution in [1.29, 1.82) is 0 Å².